The predicted octanol–water partition coefficient (Wildman–Crippen LogP) is 2.85. The Morgan fingerprint density at radius 3 is 2.25 bits per heavy atom. The van der Waals surface area contributed by atoms with Crippen LogP contribution in [0.3, 0.4) is 0 Å². The van der Waals surface area contributed by atoms with Crippen molar-refractivity contribution >= 4 is 0 Å². The van der Waals surface area contributed by atoms with Gasteiger partial charge < -0.3 is 10.1 Å². The molecule has 0 aliphatic rings. The maximum absolute atomic E-state index is 5.36. The lowest BCUT2D eigenvalue weighted by molar-refractivity contribution is 0.408. The summed E-state index contributed by atoms with van der Waals surface area (Å²) in [5.74, 6) is 1.03. The second-order valence-electron chi connectivity index (χ2n) is 4.32. The van der Waals surface area contributed by atoms with Crippen molar-refractivity contribution < 1.29 is 4.74 Å². The van der Waals surface area contributed by atoms with Crippen molar-refractivity contribution in [3.63, 3.8) is 0 Å². The fourth-order valence-electron chi connectivity index (χ4n) is 2.14. The van der Waals surface area contributed by atoms with E-state index in [0.29, 0.717) is 0 Å². The number of benzene rings is 1. The first-order valence-electron chi connectivity index (χ1n) is 5.97. The molecule has 2 nitrogen and oxygen atoms in total. The molecule has 0 spiro atoms. The highest BCUT2D eigenvalue weighted by Crippen LogP contribution is 2.24. The number of aryl methyl sites for hydroxylation is 3. The van der Waals surface area contributed by atoms with Crippen molar-refractivity contribution in [2.24, 2.45) is 0 Å². The lowest BCUT2D eigenvalue weighted by Gasteiger charge is -2.11. The molecular formula is C14H23NO. The van der Waals surface area contributed by atoms with Crippen molar-refractivity contribution in [3.8, 4) is 5.75 Å². The van der Waals surface area contributed by atoms with Gasteiger partial charge in [-0.15, -0.1) is 0 Å². The number of ether oxygens (including phenoxy) is 1. The average molecular weight is 221 g/mol. The largest absolute Gasteiger partial charge is 0.496 e. The summed E-state index contributed by atoms with van der Waals surface area (Å²) in [4.78, 5) is 0. The molecule has 2 heteroatoms. The van der Waals surface area contributed by atoms with Crippen molar-refractivity contribution in [2.75, 3.05) is 20.7 Å². The molecule has 0 amide bonds. The van der Waals surface area contributed by atoms with Crippen molar-refractivity contribution in [1.82, 2.24) is 5.32 Å². The Balaban J connectivity index is 2.61. The van der Waals surface area contributed by atoms with Gasteiger partial charge in [-0.05, 0) is 63.4 Å². The number of hydrogen-bond donors (Lipinski definition) is 1. The highest BCUT2D eigenvalue weighted by molar-refractivity contribution is 5.43. The quantitative estimate of drug-likeness (QED) is 0.746. The van der Waals surface area contributed by atoms with Crippen molar-refractivity contribution in [2.45, 2.75) is 33.1 Å². The van der Waals surface area contributed by atoms with Crippen LogP contribution in [0.1, 0.15) is 29.5 Å². The number of unbranched alkanes of at least 4 members (excludes halogenated alkanes) is 1. The van der Waals surface area contributed by atoms with Gasteiger partial charge >= 0.3 is 0 Å². The molecule has 1 rings (SSSR count). The van der Waals surface area contributed by atoms with Crippen LogP contribution in [0.25, 0.3) is 0 Å². The van der Waals surface area contributed by atoms with E-state index in [4.69, 9.17) is 4.74 Å². The summed E-state index contributed by atoms with van der Waals surface area (Å²) < 4.78 is 5.36. The summed E-state index contributed by atoms with van der Waals surface area (Å²) >= 11 is 0. The van der Waals surface area contributed by atoms with Crippen LogP contribution >= 0.6 is 0 Å². The molecule has 0 saturated carbocycles. The minimum atomic E-state index is 1.03. The van der Waals surface area contributed by atoms with Gasteiger partial charge in [-0.25, -0.2) is 0 Å². The van der Waals surface area contributed by atoms with Gasteiger partial charge in [-0.1, -0.05) is 12.1 Å². The molecule has 0 heterocycles. The lowest BCUT2D eigenvalue weighted by atomic mass is 10.0. The van der Waals surface area contributed by atoms with E-state index in [9.17, 15) is 0 Å². The van der Waals surface area contributed by atoms with Crippen LogP contribution in [-0.2, 0) is 6.42 Å². The molecule has 0 aromatic heterocycles. The van der Waals surface area contributed by atoms with Gasteiger partial charge in [0.1, 0.15) is 5.75 Å². The molecule has 0 bridgehead atoms. The molecule has 0 unspecified atom stereocenters. The van der Waals surface area contributed by atoms with Crippen LogP contribution < -0.4 is 10.1 Å². The van der Waals surface area contributed by atoms with Gasteiger partial charge in [-0.3, -0.25) is 0 Å². The van der Waals surface area contributed by atoms with Gasteiger partial charge in [0.2, 0.25) is 0 Å². The van der Waals surface area contributed by atoms with E-state index in [0.717, 1.165) is 18.7 Å². The first-order valence-corrected chi connectivity index (χ1v) is 5.97. The first-order chi connectivity index (χ1) is 7.69. The molecule has 0 saturated heterocycles. The zero-order valence-corrected chi connectivity index (χ0v) is 10.9. The molecule has 16 heavy (non-hydrogen) atoms. The Bertz CT molecular complexity index is 311. The van der Waals surface area contributed by atoms with E-state index in [1.807, 2.05) is 7.05 Å². The number of methoxy groups -OCH3 is 1. The van der Waals surface area contributed by atoms with Crippen LogP contribution in [0.5, 0.6) is 5.75 Å². The van der Waals surface area contributed by atoms with Gasteiger partial charge in [-0.2, -0.15) is 0 Å². The third-order valence-corrected chi connectivity index (χ3v) is 2.87. The van der Waals surface area contributed by atoms with Crippen molar-refractivity contribution in [3.05, 3.63) is 28.8 Å². The molecular weight excluding hydrogens is 198 g/mol. The number of nitrogens with one attached hydrogen (secondary N) is 1. The Hall–Kier alpha value is -1.02. The summed E-state index contributed by atoms with van der Waals surface area (Å²) in [7, 11) is 3.74. The molecule has 1 aromatic rings. The average Bonchev–Trinajstić information content (AvgIpc) is 2.24. The molecule has 0 fully saturated rings. The minimum Gasteiger partial charge on any atom is -0.496 e. The Morgan fingerprint density at radius 1 is 1.12 bits per heavy atom. The summed E-state index contributed by atoms with van der Waals surface area (Å²) in [6.07, 6.45) is 3.64. The Labute approximate surface area is 99.0 Å². The summed E-state index contributed by atoms with van der Waals surface area (Å²) in [6, 6.07) is 4.48. The fraction of sp³-hybridized carbons (Fsp3) is 0.571. The molecule has 0 aliphatic heterocycles. The van der Waals surface area contributed by atoms with Gasteiger partial charge in [0.05, 0.1) is 7.11 Å². The van der Waals surface area contributed by atoms with Crippen LogP contribution in [0, 0.1) is 13.8 Å². The van der Waals surface area contributed by atoms with Crippen LogP contribution in [0.4, 0.5) is 0 Å². The van der Waals surface area contributed by atoms with E-state index in [-0.39, 0.29) is 0 Å². The van der Waals surface area contributed by atoms with E-state index in [2.05, 4.69) is 31.3 Å². The minimum absolute atomic E-state index is 1.03. The van der Waals surface area contributed by atoms with Gasteiger partial charge in [0.25, 0.3) is 0 Å². The van der Waals surface area contributed by atoms with Crippen LogP contribution in [0.15, 0.2) is 12.1 Å². The molecule has 1 aromatic carbocycles. The van der Waals surface area contributed by atoms with E-state index >= 15 is 0 Å². The maximum Gasteiger partial charge on any atom is 0.124 e. The Morgan fingerprint density at radius 2 is 1.75 bits per heavy atom. The second kappa shape index (κ2) is 6.54. The Kier molecular flexibility index (Phi) is 5.33. The zero-order valence-electron chi connectivity index (χ0n) is 10.9. The van der Waals surface area contributed by atoms with Gasteiger partial charge in [0, 0.05) is 0 Å². The van der Waals surface area contributed by atoms with Crippen LogP contribution in [-0.4, -0.2) is 20.7 Å². The standard InChI is InChI=1S/C14H23NO/c1-11-9-13(7-5-6-8-15-3)10-12(2)14(11)16-4/h9-10,15H,5-8H2,1-4H3. The number of rotatable bonds is 6. The fourth-order valence-corrected chi connectivity index (χ4v) is 2.14. The molecule has 1 N–H and O–H groups in total. The summed E-state index contributed by atoms with van der Waals surface area (Å²) in [6.45, 7) is 5.33. The first kappa shape index (κ1) is 13.0. The van der Waals surface area contributed by atoms with Crippen LogP contribution in [0.2, 0.25) is 0 Å². The molecule has 0 atom stereocenters. The smallest absolute Gasteiger partial charge is 0.124 e. The zero-order chi connectivity index (χ0) is 12.0. The lowest BCUT2D eigenvalue weighted by Crippen LogP contribution is -2.07. The second-order valence-corrected chi connectivity index (χ2v) is 4.32. The van der Waals surface area contributed by atoms with E-state index in [1.54, 1.807) is 7.11 Å². The third kappa shape index (κ3) is 3.53. The topological polar surface area (TPSA) is 21.3 Å². The normalized spacial score (nSPS) is 10.5. The monoisotopic (exact) mass is 221 g/mol. The molecule has 0 aliphatic carbocycles. The third-order valence-electron chi connectivity index (χ3n) is 2.87. The summed E-state index contributed by atoms with van der Waals surface area (Å²) in [5.41, 5.74) is 3.91. The SMILES string of the molecule is CNCCCCc1cc(C)c(OC)c(C)c1. The van der Waals surface area contributed by atoms with Crippen molar-refractivity contribution in [1.29, 1.82) is 0 Å². The predicted molar refractivity (Wildman–Crippen MR) is 69.3 cm³/mol. The highest BCUT2D eigenvalue weighted by Gasteiger charge is 2.04. The molecule has 90 valence electrons. The highest BCUT2D eigenvalue weighted by atomic mass is 16.5. The number of hydrogen-bond acceptors (Lipinski definition) is 2. The van der Waals surface area contributed by atoms with E-state index in [1.165, 1.54) is 29.5 Å². The maximum atomic E-state index is 5.36. The van der Waals surface area contributed by atoms with Gasteiger partial charge in [0.15, 0.2) is 0 Å². The summed E-state index contributed by atoms with van der Waals surface area (Å²) in [5, 5.41) is 3.17. The van der Waals surface area contributed by atoms with E-state index < -0.39 is 0 Å². The molecule has 0 radical (unpaired) electrons.